The van der Waals surface area contributed by atoms with Gasteiger partial charge >= 0.3 is 7.12 Å². The molecule has 0 amide bonds. The minimum absolute atomic E-state index is 0.126. The number of hydrogen-bond acceptors (Lipinski definition) is 5. The molecular weight excluding hydrogens is 341 g/mol. The number of hydrogen-bond donors (Lipinski definition) is 2. The van der Waals surface area contributed by atoms with Crippen LogP contribution in [0.3, 0.4) is 0 Å². The summed E-state index contributed by atoms with van der Waals surface area (Å²) >= 11 is 0. The standard InChI is InChI=1S/C17H24BNO5S/c1-12-17(2,3)24-18(23-12)13-4-10-16(11-5-13)25(21,22)19-14-6-8-15(20)9-7-14/h4-5,10-11,14-15,19-20H,1,6-9H2,2-3H3/t14-,15-. The van der Waals surface area contributed by atoms with Crippen molar-refractivity contribution < 1.29 is 22.8 Å². The van der Waals surface area contributed by atoms with Crippen LogP contribution < -0.4 is 10.2 Å². The Morgan fingerprint density at radius 2 is 1.80 bits per heavy atom. The van der Waals surface area contributed by atoms with Crippen LogP contribution in [0.2, 0.25) is 0 Å². The van der Waals surface area contributed by atoms with Gasteiger partial charge in [-0.3, -0.25) is 0 Å². The van der Waals surface area contributed by atoms with Crippen LogP contribution in [0.1, 0.15) is 39.5 Å². The van der Waals surface area contributed by atoms with E-state index in [1.807, 2.05) is 13.8 Å². The Morgan fingerprint density at radius 1 is 1.20 bits per heavy atom. The number of aliphatic hydroxyl groups is 1. The molecule has 3 rings (SSSR count). The fourth-order valence-corrected chi connectivity index (χ4v) is 4.35. The van der Waals surface area contributed by atoms with Crippen LogP contribution in [0.25, 0.3) is 0 Å². The number of rotatable bonds is 4. The van der Waals surface area contributed by atoms with Crippen molar-refractivity contribution in [3.05, 3.63) is 36.6 Å². The van der Waals surface area contributed by atoms with Gasteiger partial charge in [-0.05, 0) is 57.1 Å². The van der Waals surface area contributed by atoms with Crippen molar-refractivity contribution in [3.63, 3.8) is 0 Å². The third kappa shape index (κ3) is 4.08. The van der Waals surface area contributed by atoms with Gasteiger partial charge in [-0.1, -0.05) is 18.7 Å². The molecule has 6 nitrogen and oxygen atoms in total. The maximum absolute atomic E-state index is 12.5. The summed E-state index contributed by atoms with van der Waals surface area (Å²) in [6.45, 7) is 7.59. The predicted molar refractivity (Wildman–Crippen MR) is 95.8 cm³/mol. The highest BCUT2D eigenvalue weighted by molar-refractivity contribution is 7.89. The molecule has 0 atom stereocenters. The van der Waals surface area contributed by atoms with E-state index in [1.165, 1.54) is 0 Å². The first-order valence-electron chi connectivity index (χ1n) is 8.51. The van der Waals surface area contributed by atoms with Crippen LogP contribution in [0, 0.1) is 0 Å². The second-order valence-electron chi connectivity index (χ2n) is 7.20. The molecule has 8 heteroatoms. The fraction of sp³-hybridized carbons (Fsp3) is 0.529. The summed E-state index contributed by atoms with van der Waals surface area (Å²) in [5, 5.41) is 9.53. The Labute approximate surface area is 149 Å². The molecule has 0 spiro atoms. The van der Waals surface area contributed by atoms with Crippen molar-refractivity contribution in [1.82, 2.24) is 4.72 Å². The van der Waals surface area contributed by atoms with Crippen LogP contribution in [-0.4, -0.2) is 38.4 Å². The van der Waals surface area contributed by atoms with E-state index < -0.39 is 22.7 Å². The molecule has 1 heterocycles. The van der Waals surface area contributed by atoms with Gasteiger partial charge in [0, 0.05) is 6.04 Å². The quantitative estimate of drug-likeness (QED) is 0.786. The third-order valence-electron chi connectivity index (χ3n) is 4.80. The molecule has 1 aromatic carbocycles. The summed E-state index contributed by atoms with van der Waals surface area (Å²) in [4.78, 5) is 0.207. The molecule has 0 aromatic heterocycles. The first-order chi connectivity index (χ1) is 11.7. The Kier molecular flexibility index (Phi) is 4.98. The zero-order chi connectivity index (χ0) is 18.2. The molecule has 2 N–H and O–H groups in total. The van der Waals surface area contributed by atoms with Gasteiger partial charge in [0.2, 0.25) is 10.0 Å². The fourth-order valence-electron chi connectivity index (χ4n) is 3.05. The van der Waals surface area contributed by atoms with E-state index in [1.54, 1.807) is 24.3 Å². The van der Waals surface area contributed by atoms with Crippen LogP contribution in [0.15, 0.2) is 41.5 Å². The van der Waals surface area contributed by atoms with Gasteiger partial charge in [0.25, 0.3) is 0 Å². The van der Waals surface area contributed by atoms with Crippen molar-refractivity contribution in [1.29, 1.82) is 0 Å². The predicted octanol–water partition coefficient (Wildman–Crippen LogP) is 1.30. The van der Waals surface area contributed by atoms with Crippen LogP contribution in [0.5, 0.6) is 0 Å². The molecule has 0 unspecified atom stereocenters. The molecule has 2 fully saturated rings. The maximum Gasteiger partial charge on any atom is 0.563 e. The molecule has 2 aliphatic rings. The minimum Gasteiger partial charge on any atom is -0.534 e. The highest BCUT2D eigenvalue weighted by Gasteiger charge is 2.42. The number of aliphatic hydroxyl groups excluding tert-OH is 1. The number of sulfonamides is 1. The van der Waals surface area contributed by atoms with Crippen molar-refractivity contribution in [3.8, 4) is 0 Å². The zero-order valence-electron chi connectivity index (χ0n) is 14.6. The lowest BCUT2D eigenvalue weighted by atomic mass is 9.79. The molecule has 1 aliphatic heterocycles. The maximum atomic E-state index is 12.5. The first-order valence-corrected chi connectivity index (χ1v) is 10.00. The molecule has 25 heavy (non-hydrogen) atoms. The first kappa shape index (κ1) is 18.4. The second kappa shape index (κ2) is 6.76. The van der Waals surface area contributed by atoms with Crippen molar-refractivity contribution >= 4 is 22.6 Å². The Balaban J connectivity index is 1.68. The zero-order valence-corrected chi connectivity index (χ0v) is 15.4. The topological polar surface area (TPSA) is 84.9 Å². The molecule has 1 saturated carbocycles. The van der Waals surface area contributed by atoms with E-state index in [9.17, 15) is 13.5 Å². The number of benzene rings is 1. The largest absolute Gasteiger partial charge is 0.563 e. The molecule has 1 saturated heterocycles. The lowest BCUT2D eigenvalue weighted by molar-refractivity contribution is 0.120. The smallest absolute Gasteiger partial charge is 0.534 e. The third-order valence-corrected chi connectivity index (χ3v) is 6.34. The van der Waals surface area contributed by atoms with Crippen molar-refractivity contribution in [2.24, 2.45) is 0 Å². The molecule has 0 bridgehead atoms. The van der Waals surface area contributed by atoms with E-state index >= 15 is 0 Å². The lowest BCUT2D eigenvalue weighted by Gasteiger charge is -2.26. The Bertz CT molecular complexity index is 739. The molecule has 1 aliphatic carbocycles. The summed E-state index contributed by atoms with van der Waals surface area (Å²) < 4.78 is 39.2. The van der Waals surface area contributed by atoms with E-state index in [0.717, 1.165) is 5.46 Å². The van der Waals surface area contributed by atoms with Gasteiger partial charge in [-0.2, -0.15) is 0 Å². The van der Waals surface area contributed by atoms with Crippen LogP contribution in [-0.2, 0) is 19.3 Å². The average Bonchev–Trinajstić information content (AvgIpc) is 2.83. The van der Waals surface area contributed by atoms with Crippen molar-refractivity contribution in [2.45, 2.75) is 62.2 Å². The van der Waals surface area contributed by atoms with Crippen molar-refractivity contribution in [2.75, 3.05) is 0 Å². The Hall–Kier alpha value is -1.35. The number of nitrogens with one attached hydrogen (secondary N) is 1. The highest BCUT2D eigenvalue weighted by Crippen LogP contribution is 2.29. The summed E-state index contributed by atoms with van der Waals surface area (Å²) in [6.07, 6.45) is 2.24. The monoisotopic (exact) mass is 365 g/mol. The van der Waals surface area contributed by atoms with Crippen LogP contribution >= 0.6 is 0 Å². The van der Waals surface area contributed by atoms with Gasteiger partial charge < -0.3 is 14.4 Å². The molecular formula is C17H24BNO5S. The molecule has 0 radical (unpaired) electrons. The van der Waals surface area contributed by atoms with Gasteiger partial charge in [0.15, 0.2) is 0 Å². The average molecular weight is 365 g/mol. The summed E-state index contributed by atoms with van der Waals surface area (Å²) in [7, 11) is -4.16. The SMILES string of the molecule is C=C1OB(c2ccc(S(=O)(=O)N[C@H]3CC[C@H](O)CC3)cc2)OC1(C)C. The molecule has 136 valence electrons. The van der Waals surface area contributed by atoms with E-state index in [-0.39, 0.29) is 17.0 Å². The van der Waals surface area contributed by atoms with Gasteiger partial charge in [-0.25, -0.2) is 13.1 Å². The van der Waals surface area contributed by atoms with Gasteiger partial charge in [0.05, 0.1) is 16.8 Å². The van der Waals surface area contributed by atoms with Gasteiger partial charge in [-0.15, -0.1) is 0 Å². The normalized spacial score (nSPS) is 26.5. The van der Waals surface area contributed by atoms with E-state index in [0.29, 0.717) is 31.4 Å². The lowest BCUT2D eigenvalue weighted by Crippen LogP contribution is -2.39. The van der Waals surface area contributed by atoms with Gasteiger partial charge in [0.1, 0.15) is 5.60 Å². The summed E-state index contributed by atoms with van der Waals surface area (Å²) in [5.74, 6) is 0.551. The molecule has 1 aromatic rings. The summed E-state index contributed by atoms with van der Waals surface area (Å²) in [6, 6.07) is 6.36. The van der Waals surface area contributed by atoms with E-state index in [2.05, 4.69) is 11.3 Å². The minimum atomic E-state index is -3.58. The second-order valence-corrected chi connectivity index (χ2v) is 8.91. The van der Waals surface area contributed by atoms with Crippen LogP contribution in [0.4, 0.5) is 0 Å². The van der Waals surface area contributed by atoms with E-state index in [4.69, 9.17) is 9.31 Å². The summed E-state index contributed by atoms with van der Waals surface area (Å²) in [5.41, 5.74) is 0.175. The highest BCUT2D eigenvalue weighted by atomic mass is 32.2. The Morgan fingerprint density at radius 3 is 2.32 bits per heavy atom.